The molecule has 5 nitrogen and oxygen atoms in total. The number of amides is 2. The normalized spacial score (nSPS) is 15.6. The van der Waals surface area contributed by atoms with Gasteiger partial charge >= 0.3 is 0 Å². The highest BCUT2D eigenvalue weighted by Crippen LogP contribution is 2.20. The molecule has 1 fully saturated rings. The summed E-state index contributed by atoms with van der Waals surface area (Å²) >= 11 is 0. The molecule has 1 aliphatic rings. The minimum atomic E-state index is -0.372. The zero-order chi connectivity index (χ0) is 15.9. The second-order valence-electron chi connectivity index (χ2n) is 5.51. The largest absolute Gasteiger partial charge is 0.343 e. The van der Waals surface area contributed by atoms with Crippen LogP contribution in [0, 0.1) is 11.7 Å². The number of benzene rings is 1. The van der Waals surface area contributed by atoms with E-state index in [4.69, 9.17) is 0 Å². The highest BCUT2D eigenvalue weighted by Gasteiger charge is 2.27. The molecule has 0 bridgehead atoms. The summed E-state index contributed by atoms with van der Waals surface area (Å²) in [7, 11) is 1.82. The molecule has 1 aromatic rings. The Morgan fingerprint density at radius 1 is 1.32 bits per heavy atom. The van der Waals surface area contributed by atoms with Crippen molar-refractivity contribution in [2.45, 2.75) is 19.3 Å². The summed E-state index contributed by atoms with van der Waals surface area (Å²) < 4.78 is 13.1. The van der Waals surface area contributed by atoms with Crippen LogP contribution in [0.15, 0.2) is 24.3 Å². The van der Waals surface area contributed by atoms with Crippen LogP contribution in [0.4, 0.5) is 10.1 Å². The van der Waals surface area contributed by atoms with E-state index in [2.05, 4.69) is 10.6 Å². The number of hydrogen-bond donors (Lipinski definition) is 2. The molecule has 2 N–H and O–H groups in total. The summed E-state index contributed by atoms with van der Waals surface area (Å²) in [5, 5.41) is 5.69. The molecular weight excluding hydrogens is 285 g/mol. The monoisotopic (exact) mass is 307 g/mol. The molecule has 1 saturated heterocycles. The van der Waals surface area contributed by atoms with E-state index in [1.165, 1.54) is 12.1 Å². The van der Waals surface area contributed by atoms with Gasteiger partial charge in [0.1, 0.15) is 5.82 Å². The van der Waals surface area contributed by atoms with Gasteiger partial charge in [-0.15, -0.1) is 0 Å². The Morgan fingerprint density at radius 2 is 2.05 bits per heavy atom. The van der Waals surface area contributed by atoms with Gasteiger partial charge in [0.05, 0.1) is 0 Å². The maximum absolute atomic E-state index is 13.1. The third-order valence-electron chi connectivity index (χ3n) is 3.90. The molecule has 1 heterocycles. The van der Waals surface area contributed by atoms with Gasteiger partial charge in [0, 0.05) is 37.7 Å². The molecule has 1 aliphatic heterocycles. The van der Waals surface area contributed by atoms with Gasteiger partial charge in [0.2, 0.25) is 11.8 Å². The molecular formula is C16H22FN3O2. The topological polar surface area (TPSA) is 61.4 Å². The van der Waals surface area contributed by atoms with Crippen LogP contribution in [-0.4, -0.2) is 43.4 Å². The number of halogens is 1. The van der Waals surface area contributed by atoms with Crippen LogP contribution in [0.5, 0.6) is 0 Å². The van der Waals surface area contributed by atoms with E-state index in [1.807, 2.05) is 11.9 Å². The van der Waals surface area contributed by atoms with E-state index in [9.17, 15) is 14.0 Å². The van der Waals surface area contributed by atoms with Crippen molar-refractivity contribution in [3.63, 3.8) is 0 Å². The Kier molecular flexibility index (Phi) is 5.89. The molecule has 2 rings (SSSR count). The molecule has 0 radical (unpaired) electrons. The lowest BCUT2D eigenvalue weighted by Crippen LogP contribution is -2.42. The number of nitrogens with zero attached hydrogens (tertiary/aromatic N) is 1. The number of nitrogens with one attached hydrogen (secondary N) is 2. The van der Waals surface area contributed by atoms with Crippen LogP contribution in [0.25, 0.3) is 0 Å². The third kappa shape index (κ3) is 4.53. The Morgan fingerprint density at radius 3 is 2.68 bits per heavy atom. The lowest BCUT2D eigenvalue weighted by Gasteiger charge is -2.31. The van der Waals surface area contributed by atoms with Gasteiger partial charge in [-0.1, -0.05) is 6.07 Å². The zero-order valence-corrected chi connectivity index (χ0v) is 12.8. The fourth-order valence-corrected chi connectivity index (χ4v) is 2.59. The number of likely N-dealkylation sites (tertiary alicyclic amines) is 1. The van der Waals surface area contributed by atoms with Crippen LogP contribution in [-0.2, 0) is 9.59 Å². The maximum atomic E-state index is 13.1. The highest BCUT2D eigenvalue weighted by molar-refractivity contribution is 5.92. The standard InChI is InChI=1S/C16H22FN3O2/c1-18-8-5-15(21)20-9-6-12(7-10-20)16(22)19-14-4-2-3-13(17)11-14/h2-4,11-12,18H,5-10H2,1H3,(H,19,22). The predicted octanol–water partition coefficient (Wildman–Crippen LogP) is 1.61. The van der Waals surface area contributed by atoms with Crippen LogP contribution < -0.4 is 10.6 Å². The Bertz CT molecular complexity index is 528. The second kappa shape index (κ2) is 7.89. The van der Waals surface area contributed by atoms with Crippen molar-refractivity contribution < 1.29 is 14.0 Å². The van der Waals surface area contributed by atoms with Crippen molar-refractivity contribution in [1.82, 2.24) is 10.2 Å². The van der Waals surface area contributed by atoms with Gasteiger partial charge in [0.15, 0.2) is 0 Å². The van der Waals surface area contributed by atoms with Crippen LogP contribution in [0.1, 0.15) is 19.3 Å². The van der Waals surface area contributed by atoms with Crippen molar-refractivity contribution in [1.29, 1.82) is 0 Å². The molecule has 22 heavy (non-hydrogen) atoms. The van der Waals surface area contributed by atoms with Crippen LogP contribution in [0.3, 0.4) is 0 Å². The lowest BCUT2D eigenvalue weighted by atomic mass is 9.95. The number of carbonyl (C=O) groups excluding carboxylic acids is 2. The van der Waals surface area contributed by atoms with Gasteiger partial charge in [-0.2, -0.15) is 0 Å². The van der Waals surface area contributed by atoms with Crippen LogP contribution >= 0.6 is 0 Å². The smallest absolute Gasteiger partial charge is 0.227 e. The van der Waals surface area contributed by atoms with Gasteiger partial charge in [-0.05, 0) is 38.1 Å². The first-order chi connectivity index (χ1) is 10.6. The SMILES string of the molecule is CNCCC(=O)N1CCC(C(=O)Nc2cccc(F)c2)CC1. The minimum absolute atomic E-state index is 0.104. The molecule has 0 unspecified atom stereocenters. The van der Waals surface area contributed by atoms with Gasteiger partial charge in [-0.25, -0.2) is 4.39 Å². The summed E-state index contributed by atoms with van der Waals surface area (Å²) in [6, 6.07) is 5.87. The first-order valence-corrected chi connectivity index (χ1v) is 7.59. The van der Waals surface area contributed by atoms with E-state index >= 15 is 0 Å². The molecule has 6 heteroatoms. The average Bonchev–Trinajstić information content (AvgIpc) is 2.52. The zero-order valence-electron chi connectivity index (χ0n) is 12.8. The molecule has 0 spiro atoms. The van der Waals surface area contributed by atoms with Crippen molar-refractivity contribution in [2.75, 3.05) is 32.0 Å². The lowest BCUT2D eigenvalue weighted by molar-refractivity contribution is -0.134. The quantitative estimate of drug-likeness (QED) is 0.869. The molecule has 0 aromatic heterocycles. The molecule has 120 valence electrons. The van der Waals surface area contributed by atoms with Gasteiger partial charge < -0.3 is 15.5 Å². The van der Waals surface area contributed by atoms with Crippen molar-refractivity contribution >= 4 is 17.5 Å². The first kappa shape index (κ1) is 16.4. The summed E-state index contributed by atoms with van der Waals surface area (Å²) in [4.78, 5) is 25.9. The number of carbonyl (C=O) groups is 2. The van der Waals surface area contributed by atoms with E-state index in [0.29, 0.717) is 44.6 Å². The molecule has 0 atom stereocenters. The summed E-state index contributed by atoms with van der Waals surface area (Å²) in [5.74, 6) is -0.481. The fraction of sp³-hybridized carbons (Fsp3) is 0.500. The molecule has 0 saturated carbocycles. The Balaban J connectivity index is 1.81. The summed E-state index contributed by atoms with van der Waals surface area (Å²) in [6.07, 6.45) is 1.77. The van der Waals surface area contributed by atoms with Crippen molar-refractivity contribution in [2.24, 2.45) is 5.92 Å². The van der Waals surface area contributed by atoms with Gasteiger partial charge in [-0.3, -0.25) is 9.59 Å². The number of hydrogen-bond acceptors (Lipinski definition) is 3. The van der Waals surface area contributed by atoms with E-state index in [-0.39, 0.29) is 23.5 Å². The third-order valence-corrected chi connectivity index (χ3v) is 3.90. The summed E-state index contributed by atoms with van der Waals surface area (Å²) in [5.41, 5.74) is 0.470. The fourth-order valence-electron chi connectivity index (χ4n) is 2.59. The average molecular weight is 307 g/mol. The van der Waals surface area contributed by atoms with Crippen molar-refractivity contribution in [3.05, 3.63) is 30.1 Å². The highest BCUT2D eigenvalue weighted by atomic mass is 19.1. The van der Waals surface area contributed by atoms with E-state index in [0.717, 1.165) is 0 Å². The van der Waals surface area contributed by atoms with Crippen molar-refractivity contribution in [3.8, 4) is 0 Å². The number of rotatable bonds is 5. The van der Waals surface area contributed by atoms with E-state index < -0.39 is 0 Å². The minimum Gasteiger partial charge on any atom is -0.343 e. The predicted molar refractivity (Wildman–Crippen MR) is 82.9 cm³/mol. The van der Waals surface area contributed by atoms with Crippen LogP contribution in [0.2, 0.25) is 0 Å². The molecule has 1 aromatic carbocycles. The Hall–Kier alpha value is -1.95. The second-order valence-corrected chi connectivity index (χ2v) is 5.51. The number of anilines is 1. The molecule has 2 amide bonds. The first-order valence-electron chi connectivity index (χ1n) is 7.59. The maximum Gasteiger partial charge on any atom is 0.227 e. The molecule has 0 aliphatic carbocycles. The summed E-state index contributed by atoms with van der Waals surface area (Å²) in [6.45, 7) is 1.87. The van der Waals surface area contributed by atoms with E-state index in [1.54, 1.807) is 12.1 Å². The van der Waals surface area contributed by atoms with Gasteiger partial charge in [0.25, 0.3) is 0 Å². The number of piperidine rings is 1. The Labute approximate surface area is 129 Å².